The van der Waals surface area contributed by atoms with E-state index in [1.54, 1.807) is 12.1 Å². The summed E-state index contributed by atoms with van der Waals surface area (Å²) in [6.07, 6.45) is 1.23. The number of hydrogen-bond acceptors (Lipinski definition) is 2. The van der Waals surface area contributed by atoms with Crippen LogP contribution in [0.5, 0.6) is 5.75 Å². The van der Waals surface area contributed by atoms with Crippen molar-refractivity contribution in [3.8, 4) is 5.75 Å². The number of carboxylic acid groups (broad SMARTS) is 1. The number of hydrogen-bond donors (Lipinski definition) is 1. The van der Waals surface area contributed by atoms with Crippen LogP contribution in [0.25, 0.3) is 0 Å². The molecule has 0 fully saturated rings. The normalized spacial score (nSPS) is 10.2. The number of carboxylic acids is 1. The summed E-state index contributed by atoms with van der Waals surface area (Å²) in [7, 11) is 1.52. The zero-order chi connectivity index (χ0) is 12.1. The van der Waals surface area contributed by atoms with E-state index in [2.05, 4.69) is 0 Å². The number of ether oxygens (including phenoxy) is 1. The maximum Gasteiger partial charge on any atom is 0.303 e. The van der Waals surface area contributed by atoms with Gasteiger partial charge in [0.2, 0.25) is 0 Å². The van der Waals surface area contributed by atoms with Gasteiger partial charge in [0.1, 0.15) is 5.75 Å². The van der Waals surface area contributed by atoms with Crippen molar-refractivity contribution >= 4 is 29.2 Å². The Morgan fingerprint density at radius 3 is 2.69 bits per heavy atom. The van der Waals surface area contributed by atoms with Gasteiger partial charge in [-0.05, 0) is 30.5 Å². The van der Waals surface area contributed by atoms with Crippen molar-refractivity contribution in [1.29, 1.82) is 0 Å². The summed E-state index contributed by atoms with van der Waals surface area (Å²) in [5.74, 6) is -0.247. The molecule has 0 bridgehead atoms. The molecule has 0 saturated carbocycles. The summed E-state index contributed by atoms with van der Waals surface area (Å²) in [5, 5.41) is 9.51. The van der Waals surface area contributed by atoms with Crippen molar-refractivity contribution in [1.82, 2.24) is 0 Å². The van der Waals surface area contributed by atoms with Crippen molar-refractivity contribution in [3.63, 3.8) is 0 Å². The number of benzene rings is 1. The number of carbonyl (C=O) groups is 1. The average Bonchev–Trinajstić information content (AvgIpc) is 2.16. The van der Waals surface area contributed by atoms with Crippen LogP contribution in [0.2, 0.25) is 10.0 Å². The highest BCUT2D eigenvalue weighted by molar-refractivity contribution is 6.35. The third-order valence-electron chi connectivity index (χ3n) is 2.13. The third-order valence-corrected chi connectivity index (χ3v) is 2.63. The number of methoxy groups -OCH3 is 1. The van der Waals surface area contributed by atoms with Crippen LogP contribution in [-0.2, 0) is 11.2 Å². The Morgan fingerprint density at radius 1 is 1.44 bits per heavy atom. The molecule has 1 aromatic rings. The molecule has 0 unspecified atom stereocenters. The molecule has 16 heavy (non-hydrogen) atoms. The van der Waals surface area contributed by atoms with Gasteiger partial charge in [-0.1, -0.05) is 23.2 Å². The number of aryl methyl sites for hydroxylation is 1. The highest BCUT2D eigenvalue weighted by Crippen LogP contribution is 2.32. The van der Waals surface area contributed by atoms with Gasteiger partial charge in [-0.15, -0.1) is 0 Å². The highest BCUT2D eigenvalue weighted by atomic mass is 35.5. The standard InChI is InChI=1S/C11H12Cl2O3/c1-16-11-7(3-2-4-10(14)15)5-8(12)6-9(11)13/h5-6H,2-4H2,1H3,(H,14,15). The Morgan fingerprint density at radius 2 is 2.12 bits per heavy atom. The first-order chi connectivity index (χ1) is 7.54. The summed E-state index contributed by atoms with van der Waals surface area (Å²) in [6, 6.07) is 3.34. The van der Waals surface area contributed by atoms with Crippen LogP contribution < -0.4 is 4.74 Å². The van der Waals surface area contributed by atoms with E-state index < -0.39 is 5.97 Å². The fourth-order valence-electron chi connectivity index (χ4n) is 1.46. The van der Waals surface area contributed by atoms with Gasteiger partial charge in [-0.2, -0.15) is 0 Å². The molecule has 0 amide bonds. The van der Waals surface area contributed by atoms with Gasteiger partial charge in [-0.3, -0.25) is 4.79 Å². The lowest BCUT2D eigenvalue weighted by atomic mass is 10.1. The molecule has 0 aliphatic carbocycles. The van der Waals surface area contributed by atoms with E-state index >= 15 is 0 Å². The van der Waals surface area contributed by atoms with Crippen molar-refractivity contribution in [2.24, 2.45) is 0 Å². The first-order valence-corrected chi connectivity index (χ1v) is 5.54. The molecule has 0 heterocycles. The Kier molecular flexibility index (Phi) is 4.90. The summed E-state index contributed by atoms with van der Waals surface area (Å²) in [4.78, 5) is 10.4. The van der Waals surface area contributed by atoms with E-state index in [0.29, 0.717) is 28.6 Å². The summed E-state index contributed by atoms with van der Waals surface area (Å²) >= 11 is 11.8. The molecule has 0 spiro atoms. The third kappa shape index (κ3) is 3.58. The fraction of sp³-hybridized carbons (Fsp3) is 0.364. The van der Waals surface area contributed by atoms with E-state index in [1.165, 1.54) is 7.11 Å². The summed E-state index contributed by atoms with van der Waals surface area (Å²) in [6.45, 7) is 0. The molecule has 5 heteroatoms. The Bertz CT molecular complexity index is 391. The van der Waals surface area contributed by atoms with E-state index in [1.807, 2.05) is 0 Å². The first kappa shape index (κ1) is 13.1. The van der Waals surface area contributed by atoms with Gasteiger partial charge in [-0.25, -0.2) is 0 Å². The molecule has 1 rings (SSSR count). The molecule has 1 aromatic carbocycles. The highest BCUT2D eigenvalue weighted by Gasteiger charge is 2.10. The molecule has 0 aliphatic heterocycles. The van der Waals surface area contributed by atoms with Gasteiger partial charge < -0.3 is 9.84 Å². The number of rotatable bonds is 5. The van der Waals surface area contributed by atoms with Crippen molar-refractivity contribution < 1.29 is 14.6 Å². The molecular weight excluding hydrogens is 251 g/mol. The minimum atomic E-state index is -0.813. The average molecular weight is 263 g/mol. The van der Waals surface area contributed by atoms with Gasteiger partial charge in [0.25, 0.3) is 0 Å². The summed E-state index contributed by atoms with van der Waals surface area (Å²) < 4.78 is 5.15. The molecule has 3 nitrogen and oxygen atoms in total. The lowest BCUT2D eigenvalue weighted by Gasteiger charge is -2.10. The van der Waals surface area contributed by atoms with E-state index in [4.69, 9.17) is 33.0 Å². The Hall–Kier alpha value is -0.930. The molecule has 0 radical (unpaired) electrons. The molecule has 0 aromatic heterocycles. The minimum absolute atomic E-state index is 0.118. The number of halogens is 2. The van der Waals surface area contributed by atoms with Crippen LogP contribution in [0.15, 0.2) is 12.1 Å². The van der Waals surface area contributed by atoms with Crippen molar-refractivity contribution in [3.05, 3.63) is 27.7 Å². The minimum Gasteiger partial charge on any atom is -0.495 e. The summed E-state index contributed by atoms with van der Waals surface area (Å²) in [5.41, 5.74) is 0.834. The van der Waals surface area contributed by atoms with E-state index in [9.17, 15) is 4.79 Å². The molecule has 1 N–H and O–H groups in total. The van der Waals surface area contributed by atoms with Crippen molar-refractivity contribution in [2.75, 3.05) is 7.11 Å². The van der Waals surface area contributed by atoms with Crippen LogP contribution in [0.1, 0.15) is 18.4 Å². The smallest absolute Gasteiger partial charge is 0.303 e. The van der Waals surface area contributed by atoms with Gasteiger partial charge in [0, 0.05) is 11.4 Å². The second-order valence-electron chi connectivity index (χ2n) is 3.33. The van der Waals surface area contributed by atoms with Gasteiger partial charge in [0.05, 0.1) is 12.1 Å². The van der Waals surface area contributed by atoms with E-state index in [0.717, 1.165) is 5.56 Å². The Balaban J connectivity index is 2.81. The van der Waals surface area contributed by atoms with Crippen LogP contribution in [0, 0.1) is 0 Å². The topological polar surface area (TPSA) is 46.5 Å². The lowest BCUT2D eigenvalue weighted by molar-refractivity contribution is -0.137. The van der Waals surface area contributed by atoms with Crippen LogP contribution in [0.3, 0.4) is 0 Å². The first-order valence-electron chi connectivity index (χ1n) is 4.78. The molecule has 0 aliphatic rings. The predicted molar refractivity (Wildman–Crippen MR) is 63.6 cm³/mol. The Labute approximate surface area is 104 Å². The lowest BCUT2D eigenvalue weighted by Crippen LogP contribution is -1.98. The molecule has 0 atom stereocenters. The van der Waals surface area contributed by atoms with Crippen LogP contribution in [-0.4, -0.2) is 18.2 Å². The maximum atomic E-state index is 10.4. The van der Waals surface area contributed by atoms with Crippen LogP contribution >= 0.6 is 23.2 Å². The maximum absolute atomic E-state index is 10.4. The quantitative estimate of drug-likeness (QED) is 0.885. The van der Waals surface area contributed by atoms with Gasteiger partial charge >= 0.3 is 5.97 Å². The second kappa shape index (κ2) is 5.97. The van der Waals surface area contributed by atoms with Crippen molar-refractivity contribution in [2.45, 2.75) is 19.3 Å². The monoisotopic (exact) mass is 262 g/mol. The zero-order valence-corrected chi connectivity index (χ0v) is 10.3. The second-order valence-corrected chi connectivity index (χ2v) is 4.17. The van der Waals surface area contributed by atoms with E-state index in [-0.39, 0.29) is 6.42 Å². The largest absolute Gasteiger partial charge is 0.495 e. The zero-order valence-electron chi connectivity index (χ0n) is 8.80. The van der Waals surface area contributed by atoms with Gasteiger partial charge in [0.15, 0.2) is 0 Å². The van der Waals surface area contributed by atoms with Crippen LogP contribution in [0.4, 0.5) is 0 Å². The number of aliphatic carboxylic acids is 1. The predicted octanol–water partition coefficient (Wildman–Crippen LogP) is 3.41. The fourth-order valence-corrected chi connectivity index (χ4v) is 2.07. The molecule has 0 saturated heterocycles. The SMILES string of the molecule is COc1c(Cl)cc(Cl)cc1CCCC(=O)O. The molecular formula is C11H12Cl2O3. The molecule has 88 valence electrons.